The lowest BCUT2D eigenvalue weighted by molar-refractivity contribution is 0.110. The molecule has 0 bridgehead atoms. The Bertz CT molecular complexity index is 632. The predicted molar refractivity (Wildman–Crippen MR) is 69.2 cm³/mol. The monoisotopic (exact) mass is 246 g/mol. The van der Waals surface area contributed by atoms with E-state index in [-0.39, 0.29) is 5.56 Å². The van der Waals surface area contributed by atoms with Crippen LogP contribution in [-0.4, -0.2) is 36.0 Å². The van der Waals surface area contributed by atoms with E-state index in [1.807, 2.05) is 5.01 Å². The molecule has 6 heteroatoms. The van der Waals surface area contributed by atoms with Crippen LogP contribution in [0.4, 0.5) is 5.69 Å². The van der Waals surface area contributed by atoms with Gasteiger partial charge in [0.1, 0.15) is 6.33 Å². The molecule has 2 heterocycles. The number of nitrogens with zero attached hydrogens (tertiary/aromatic N) is 3. The van der Waals surface area contributed by atoms with Gasteiger partial charge in [-0.3, -0.25) is 4.79 Å². The van der Waals surface area contributed by atoms with E-state index in [1.165, 1.54) is 0 Å². The molecule has 1 fully saturated rings. The van der Waals surface area contributed by atoms with E-state index in [9.17, 15) is 4.79 Å². The summed E-state index contributed by atoms with van der Waals surface area (Å²) in [6, 6.07) is 5.17. The molecule has 0 unspecified atom stereocenters. The van der Waals surface area contributed by atoms with Gasteiger partial charge in [-0.2, -0.15) is 0 Å². The van der Waals surface area contributed by atoms with Crippen molar-refractivity contribution >= 4 is 16.6 Å². The molecule has 0 atom stereocenters. The lowest BCUT2D eigenvalue weighted by Gasteiger charge is -2.29. The van der Waals surface area contributed by atoms with Gasteiger partial charge in [0, 0.05) is 5.69 Å². The van der Waals surface area contributed by atoms with Gasteiger partial charge in [-0.1, -0.05) is 0 Å². The fourth-order valence-electron chi connectivity index (χ4n) is 2.10. The first-order valence-electron chi connectivity index (χ1n) is 5.85. The van der Waals surface area contributed by atoms with Crippen LogP contribution in [0.1, 0.15) is 0 Å². The van der Waals surface area contributed by atoms with Crippen molar-refractivity contribution in [2.45, 2.75) is 0 Å². The third-order valence-electron chi connectivity index (χ3n) is 3.06. The van der Waals surface area contributed by atoms with Crippen LogP contribution >= 0.6 is 0 Å². The molecule has 0 radical (unpaired) electrons. The van der Waals surface area contributed by atoms with Crippen LogP contribution in [0, 0.1) is 0 Å². The van der Waals surface area contributed by atoms with Crippen molar-refractivity contribution in [1.29, 1.82) is 0 Å². The second-order valence-corrected chi connectivity index (χ2v) is 4.24. The molecule has 1 aliphatic rings. The SMILES string of the molecule is Nc1ccc2ncn(N3CCOCC3)c(=O)c2c1. The third-order valence-corrected chi connectivity index (χ3v) is 3.06. The van der Waals surface area contributed by atoms with E-state index in [2.05, 4.69) is 4.98 Å². The lowest BCUT2D eigenvalue weighted by atomic mass is 10.2. The third kappa shape index (κ3) is 1.80. The van der Waals surface area contributed by atoms with Crippen LogP contribution in [0.15, 0.2) is 29.3 Å². The second kappa shape index (κ2) is 4.30. The van der Waals surface area contributed by atoms with Crippen molar-refractivity contribution in [2.75, 3.05) is 37.0 Å². The van der Waals surface area contributed by atoms with Gasteiger partial charge in [-0.05, 0) is 18.2 Å². The second-order valence-electron chi connectivity index (χ2n) is 4.24. The van der Waals surface area contributed by atoms with Crippen molar-refractivity contribution in [3.8, 4) is 0 Å². The maximum atomic E-state index is 12.4. The fourth-order valence-corrected chi connectivity index (χ4v) is 2.10. The Morgan fingerprint density at radius 1 is 1.28 bits per heavy atom. The van der Waals surface area contributed by atoms with Crippen molar-refractivity contribution in [2.24, 2.45) is 0 Å². The Balaban J connectivity index is 2.13. The van der Waals surface area contributed by atoms with E-state index in [1.54, 1.807) is 29.2 Å². The summed E-state index contributed by atoms with van der Waals surface area (Å²) < 4.78 is 6.82. The molecule has 0 saturated carbocycles. The van der Waals surface area contributed by atoms with Gasteiger partial charge in [-0.15, -0.1) is 0 Å². The minimum atomic E-state index is -0.0887. The smallest absolute Gasteiger partial charge is 0.279 e. The van der Waals surface area contributed by atoms with Crippen LogP contribution in [-0.2, 0) is 4.74 Å². The molecule has 3 rings (SSSR count). The fraction of sp³-hybridized carbons (Fsp3) is 0.333. The van der Waals surface area contributed by atoms with Gasteiger partial charge < -0.3 is 15.5 Å². The Hall–Kier alpha value is -2.08. The van der Waals surface area contributed by atoms with Crippen LogP contribution in [0.2, 0.25) is 0 Å². The summed E-state index contributed by atoms with van der Waals surface area (Å²) in [4.78, 5) is 16.6. The zero-order valence-corrected chi connectivity index (χ0v) is 9.87. The number of hydrogen-bond acceptors (Lipinski definition) is 5. The summed E-state index contributed by atoms with van der Waals surface area (Å²) in [5.74, 6) is 0. The molecule has 1 aromatic carbocycles. The maximum Gasteiger partial charge on any atom is 0.279 e. The van der Waals surface area contributed by atoms with E-state index in [0.717, 1.165) is 0 Å². The topological polar surface area (TPSA) is 73.4 Å². The summed E-state index contributed by atoms with van der Waals surface area (Å²) in [5, 5.41) is 2.48. The summed E-state index contributed by atoms with van der Waals surface area (Å²) >= 11 is 0. The summed E-state index contributed by atoms with van der Waals surface area (Å²) in [6.45, 7) is 2.63. The standard InChI is InChI=1S/C12H14N4O2/c13-9-1-2-11-10(7-9)12(17)16(8-14-11)15-3-5-18-6-4-15/h1-2,7-8H,3-6,13H2. The molecular weight excluding hydrogens is 232 g/mol. The van der Waals surface area contributed by atoms with Crippen LogP contribution < -0.4 is 16.3 Å². The Morgan fingerprint density at radius 3 is 2.83 bits per heavy atom. The molecule has 6 nitrogen and oxygen atoms in total. The molecule has 1 aromatic heterocycles. The number of anilines is 1. The molecule has 94 valence electrons. The van der Waals surface area contributed by atoms with Crippen molar-refractivity contribution < 1.29 is 4.74 Å². The molecule has 2 N–H and O–H groups in total. The van der Waals surface area contributed by atoms with Crippen LogP contribution in [0.3, 0.4) is 0 Å². The molecule has 2 aromatic rings. The largest absolute Gasteiger partial charge is 0.399 e. The minimum absolute atomic E-state index is 0.0887. The van der Waals surface area contributed by atoms with Gasteiger partial charge in [0.25, 0.3) is 5.56 Å². The lowest BCUT2D eigenvalue weighted by Crippen LogP contribution is -2.48. The highest BCUT2D eigenvalue weighted by Gasteiger charge is 2.13. The van der Waals surface area contributed by atoms with Gasteiger partial charge in [0.2, 0.25) is 0 Å². The minimum Gasteiger partial charge on any atom is -0.399 e. The summed E-state index contributed by atoms with van der Waals surface area (Å²) in [6.07, 6.45) is 1.56. The quantitative estimate of drug-likeness (QED) is 0.714. The number of aromatic nitrogens is 2. The Morgan fingerprint density at radius 2 is 2.06 bits per heavy atom. The number of ether oxygens (including phenoxy) is 1. The van der Waals surface area contributed by atoms with Crippen LogP contribution in [0.25, 0.3) is 10.9 Å². The number of nitrogen functional groups attached to an aromatic ring is 1. The highest BCUT2D eigenvalue weighted by molar-refractivity contribution is 5.80. The van der Waals surface area contributed by atoms with Crippen molar-refractivity contribution in [1.82, 2.24) is 9.66 Å². The van der Waals surface area contributed by atoms with E-state index in [0.29, 0.717) is 42.9 Å². The number of nitrogens with two attached hydrogens (primary N) is 1. The molecule has 0 amide bonds. The van der Waals surface area contributed by atoms with Gasteiger partial charge in [-0.25, -0.2) is 9.66 Å². The highest BCUT2D eigenvalue weighted by Crippen LogP contribution is 2.11. The first-order valence-corrected chi connectivity index (χ1v) is 5.85. The normalized spacial score (nSPS) is 16.1. The van der Waals surface area contributed by atoms with E-state index >= 15 is 0 Å². The van der Waals surface area contributed by atoms with Gasteiger partial charge in [0.15, 0.2) is 0 Å². The zero-order chi connectivity index (χ0) is 12.5. The molecule has 0 spiro atoms. The highest BCUT2D eigenvalue weighted by atomic mass is 16.5. The van der Waals surface area contributed by atoms with Crippen molar-refractivity contribution in [3.63, 3.8) is 0 Å². The molecule has 18 heavy (non-hydrogen) atoms. The number of morpholine rings is 1. The zero-order valence-electron chi connectivity index (χ0n) is 9.87. The molecular formula is C12H14N4O2. The van der Waals surface area contributed by atoms with Gasteiger partial charge >= 0.3 is 0 Å². The first kappa shape index (κ1) is 11.0. The number of fused-ring (bicyclic) bond motifs is 1. The average molecular weight is 246 g/mol. The van der Waals surface area contributed by atoms with E-state index in [4.69, 9.17) is 10.5 Å². The van der Waals surface area contributed by atoms with Gasteiger partial charge in [0.05, 0.1) is 37.2 Å². The Kier molecular flexibility index (Phi) is 2.64. The molecule has 0 aliphatic carbocycles. The Labute approximate surface area is 104 Å². The summed E-state index contributed by atoms with van der Waals surface area (Å²) in [7, 11) is 0. The van der Waals surface area contributed by atoms with E-state index < -0.39 is 0 Å². The number of benzene rings is 1. The summed E-state index contributed by atoms with van der Waals surface area (Å²) in [5.41, 5.74) is 6.86. The number of rotatable bonds is 1. The molecule has 1 saturated heterocycles. The van der Waals surface area contributed by atoms with Crippen molar-refractivity contribution in [3.05, 3.63) is 34.9 Å². The molecule has 1 aliphatic heterocycles. The van der Waals surface area contributed by atoms with Crippen LogP contribution in [0.5, 0.6) is 0 Å². The average Bonchev–Trinajstić information content (AvgIpc) is 2.41. The predicted octanol–water partition coefficient (Wildman–Crippen LogP) is -0.0531. The maximum absolute atomic E-state index is 12.4. The number of hydrogen-bond donors (Lipinski definition) is 1. The first-order chi connectivity index (χ1) is 8.75.